The highest BCUT2D eigenvalue weighted by atomic mass is 79.9. The third-order valence-corrected chi connectivity index (χ3v) is 3.84. The summed E-state index contributed by atoms with van der Waals surface area (Å²) >= 11 is 3.29. The summed E-state index contributed by atoms with van der Waals surface area (Å²) in [6.07, 6.45) is 1.28. The molecule has 0 aliphatic rings. The number of aliphatic carboxylic acids is 1. The number of carboxylic acids is 1. The predicted molar refractivity (Wildman–Crippen MR) is 88.1 cm³/mol. The summed E-state index contributed by atoms with van der Waals surface area (Å²) in [6.45, 7) is 3.10. The second-order valence-electron chi connectivity index (χ2n) is 5.47. The first-order valence-corrected chi connectivity index (χ1v) is 7.75. The zero-order chi connectivity index (χ0) is 17.1. The van der Waals surface area contributed by atoms with Gasteiger partial charge in [0, 0.05) is 4.47 Å². The Morgan fingerprint density at radius 1 is 1.39 bits per heavy atom. The lowest BCUT2D eigenvalue weighted by atomic mass is 10.1. The summed E-state index contributed by atoms with van der Waals surface area (Å²) in [5.74, 6) is -1.93. The third-order valence-electron chi connectivity index (χ3n) is 3.35. The number of amides is 1. The Bertz CT molecular complexity index is 816. The van der Waals surface area contributed by atoms with Crippen LogP contribution in [0.1, 0.15) is 13.8 Å². The Morgan fingerprint density at radius 3 is 2.70 bits per heavy atom. The van der Waals surface area contributed by atoms with Gasteiger partial charge in [-0.15, -0.1) is 0 Å². The fourth-order valence-electron chi connectivity index (χ4n) is 2.13. The number of nitrogens with one attached hydrogen (secondary N) is 1. The molecule has 1 aromatic carbocycles. The molecule has 1 atom stereocenters. The Balaban J connectivity index is 2.25. The van der Waals surface area contributed by atoms with Crippen LogP contribution in [0.3, 0.4) is 0 Å². The van der Waals surface area contributed by atoms with Crippen molar-refractivity contribution in [3.8, 4) is 0 Å². The standard InChI is InChI=1S/C15H16BrN3O4/c1-8(2)13(15(22)23)18-12(20)6-19-7-17-11-4-3-9(16)5-10(11)14(19)21/h3-5,7-8,13H,6H2,1-2H3,(H,18,20)(H,22,23)/t13-/m1/s1. The van der Waals surface area contributed by atoms with Gasteiger partial charge in [0.25, 0.3) is 5.56 Å². The van der Waals surface area contributed by atoms with Crippen LogP contribution < -0.4 is 10.9 Å². The molecular weight excluding hydrogens is 366 g/mol. The molecule has 1 aromatic heterocycles. The van der Waals surface area contributed by atoms with E-state index >= 15 is 0 Å². The Labute approximate surface area is 140 Å². The SMILES string of the molecule is CC(C)[C@@H](NC(=O)Cn1cnc2ccc(Br)cc2c1=O)C(=O)O. The molecule has 23 heavy (non-hydrogen) atoms. The molecule has 0 saturated carbocycles. The van der Waals surface area contributed by atoms with E-state index in [0.29, 0.717) is 10.9 Å². The van der Waals surface area contributed by atoms with Gasteiger partial charge < -0.3 is 10.4 Å². The minimum Gasteiger partial charge on any atom is -0.480 e. The van der Waals surface area contributed by atoms with E-state index in [1.807, 2.05) is 0 Å². The van der Waals surface area contributed by atoms with Crippen LogP contribution in [-0.2, 0) is 16.1 Å². The van der Waals surface area contributed by atoms with Gasteiger partial charge in [0.2, 0.25) is 5.91 Å². The fraction of sp³-hybridized carbons (Fsp3) is 0.333. The predicted octanol–water partition coefficient (Wildman–Crippen LogP) is 1.38. The van der Waals surface area contributed by atoms with E-state index in [9.17, 15) is 14.4 Å². The highest BCUT2D eigenvalue weighted by molar-refractivity contribution is 9.10. The molecule has 1 amide bonds. The van der Waals surface area contributed by atoms with Gasteiger partial charge in [-0.1, -0.05) is 29.8 Å². The highest BCUT2D eigenvalue weighted by Gasteiger charge is 2.23. The first kappa shape index (κ1) is 17.1. The number of aromatic nitrogens is 2. The van der Waals surface area contributed by atoms with E-state index in [2.05, 4.69) is 26.2 Å². The molecule has 0 unspecified atom stereocenters. The maximum absolute atomic E-state index is 12.4. The lowest BCUT2D eigenvalue weighted by Gasteiger charge is -2.18. The van der Waals surface area contributed by atoms with Crippen LogP contribution in [0, 0.1) is 5.92 Å². The fourth-order valence-corrected chi connectivity index (χ4v) is 2.49. The number of hydrogen-bond donors (Lipinski definition) is 2. The number of benzene rings is 1. The smallest absolute Gasteiger partial charge is 0.326 e. The second-order valence-corrected chi connectivity index (χ2v) is 6.38. The van der Waals surface area contributed by atoms with Crippen LogP contribution in [0.2, 0.25) is 0 Å². The van der Waals surface area contributed by atoms with E-state index in [4.69, 9.17) is 5.11 Å². The quantitative estimate of drug-likeness (QED) is 0.814. The van der Waals surface area contributed by atoms with Gasteiger partial charge in [0.15, 0.2) is 0 Å². The van der Waals surface area contributed by atoms with Crippen molar-refractivity contribution < 1.29 is 14.7 Å². The molecule has 2 N–H and O–H groups in total. The van der Waals surface area contributed by atoms with Gasteiger partial charge in [-0.2, -0.15) is 0 Å². The van der Waals surface area contributed by atoms with Gasteiger partial charge in [0.1, 0.15) is 12.6 Å². The number of carboxylic acid groups (broad SMARTS) is 1. The number of hydrogen-bond acceptors (Lipinski definition) is 4. The zero-order valence-electron chi connectivity index (χ0n) is 12.6. The first-order valence-electron chi connectivity index (χ1n) is 6.96. The minimum atomic E-state index is -1.11. The number of fused-ring (bicyclic) bond motifs is 1. The van der Waals surface area contributed by atoms with Gasteiger partial charge >= 0.3 is 5.97 Å². The zero-order valence-corrected chi connectivity index (χ0v) is 14.2. The molecule has 8 heteroatoms. The summed E-state index contributed by atoms with van der Waals surface area (Å²) in [5.41, 5.74) is 0.170. The maximum atomic E-state index is 12.4. The normalized spacial score (nSPS) is 12.3. The molecule has 0 saturated heterocycles. The number of rotatable bonds is 5. The van der Waals surface area contributed by atoms with Crippen LogP contribution in [0.4, 0.5) is 0 Å². The van der Waals surface area contributed by atoms with Crippen molar-refractivity contribution in [2.24, 2.45) is 5.92 Å². The van der Waals surface area contributed by atoms with Crippen molar-refractivity contribution in [2.75, 3.05) is 0 Å². The van der Waals surface area contributed by atoms with Gasteiger partial charge in [-0.3, -0.25) is 14.2 Å². The summed E-state index contributed by atoms with van der Waals surface area (Å²) < 4.78 is 1.89. The number of carbonyl (C=O) groups excluding carboxylic acids is 1. The molecule has 0 spiro atoms. The molecule has 0 aliphatic heterocycles. The number of nitrogens with zero attached hydrogens (tertiary/aromatic N) is 2. The van der Waals surface area contributed by atoms with E-state index in [1.165, 1.54) is 6.33 Å². The Morgan fingerprint density at radius 2 is 2.09 bits per heavy atom. The molecule has 122 valence electrons. The van der Waals surface area contributed by atoms with Crippen molar-refractivity contribution in [1.82, 2.24) is 14.9 Å². The molecule has 2 aromatic rings. The largest absolute Gasteiger partial charge is 0.480 e. The summed E-state index contributed by atoms with van der Waals surface area (Å²) in [6, 6.07) is 4.10. The topological polar surface area (TPSA) is 101 Å². The Kier molecular flexibility index (Phi) is 5.15. The molecule has 2 rings (SSSR count). The average molecular weight is 382 g/mol. The van der Waals surface area contributed by atoms with Crippen molar-refractivity contribution in [1.29, 1.82) is 0 Å². The summed E-state index contributed by atoms with van der Waals surface area (Å²) in [5, 5.41) is 11.9. The van der Waals surface area contributed by atoms with Gasteiger partial charge in [-0.25, -0.2) is 9.78 Å². The molecule has 0 bridgehead atoms. The molecule has 1 heterocycles. The van der Waals surface area contributed by atoms with E-state index in [0.717, 1.165) is 9.04 Å². The molecule has 0 fully saturated rings. The van der Waals surface area contributed by atoms with E-state index in [1.54, 1.807) is 32.0 Å². The van der Waals surface area contributed by atoms with Crippen molar-refractivity contribution in [2.45, 2.75) is 26.4 Å². The van der Waals surface area contributed by atoms with Crippen molar-refractivity contribution in [3.63, 3.8) is 0 Å². The number of carbonyl (C=O) groups is 2. The van der Waals surface area contributed by atoms with Gasteiger partial charge in [0.05, 0.1) is 17.2 Å². The lowest BCUT2D eigenvalue weighted by molar-refractivity contribution is -0.143. The second kappa shape index (κ2) is 6.91. The van der Waals surface area contributed by atoms with Crippen LogP contribution in [0.15, 0.2) is 33.8 Å². The Hall–Kier alpha value is -2.22. The lowest BCUT2D eigenvalue weighted by Crippen LogP contribution is -2.46. The average Bonchev–Trinajstić information content (AvgIpc) is 2.47. The monoisotopic (exact) mass is 381 g/mol. The maximum Gasteiger partial charge on any atom is 0.326 e. The third kappa shape index (κ3) is 3.95. The number of halogens is 1. The first-order chi connectivity index (χ1) is 10.8. The van der Waals surface area contributed by atoms with Gasteiger partial charge in [-0.05, 0) is 24.1 Å². The summed E-state index contributed by atoms with van der Waals surface area (Å²) in [4.78, 5) is 39.6. The van der Waals surface area contributed by atoms with E-state index < -0.39 is 17.9 Å². The summed E-state index contributed by atoms with van der Waals surface area (Å²) in [7, 11) is 0. The van der Waals surface area contributed by atoms with Crippen LogP contribution in [-0.4, -0.2) is 32.6 Å². The van der Waals surface area contributed by atoms with E-state index in [-0.39, 0.29) is 18.0 Å². The van der Waals surface area contributed by atoms with Crippen LogP contribution >= 0.6 is 15.9 Å². The van der Waals surface area contributed by atoms with Crippen LogP contribution in [0.5, 0.6) is 0 Å². The van der Waals surface area contributed by atoms with Crippen molar-refractivity contribution >= 4 is 38.7 Å². The minimum absolute atomic E-state index is 0.265. The molecule has 0 aliphatic carbocycles. The molecular formula is C15H16BrN3O4. The highest BCUT2D eigenvalue weighted by Crippen LogP contribution is 2.14. The molecule has 0 radical (unpaired) electrons. The van der Waals surface area contributed by atoms with Crippen molar-refractivity contribution in [3.05, 3.63) is 39.4 Å². The van der Waals surface area contributed by atoms with Crippen LogP contribution in [0.25, 0.3) is 10.9 Å². The molecule has 7 nitrogen and oxygen atoms in total.